The van der Waals surface area contributed by atoms with Crippen LogP contribution < -0.4 is 0 Å². The Bertz CT molecular complexity index is 1670. The molecule has 0 radical (unpaired) electrons. The Labute approximate surface area is 517 Å². The van der Waals surface area contributed by atoms with Crippen molar-refractivity contribution in [2.24, 2.45) is 11.8 Å². The molecule has 0 aromatic carbocycles. The molecular formula is C66H128O17P2. The van der Waals surface area contributed by atoms with Gasteiger partial charge in [0.15, 0.2) is 12.2 Å². The van der Waals surface area contributed by atoms with E-state index in [-0.39, 0.29) is 25.7 Å². The number of esters is 4. The largest absolute Gasteiger partial charge is 0.472 e. The molecule has 0 saturated heterocycles. The third kappa shape index (κ3) is 60.7. The van der Waals surface area contributed by atoms with Crippen LogP contribution in [0.3, 0.4) is 0 Å². The lowest BCUT2D eigenvalue weighted by atomic mass is 10.0. The van der Waals surface area contributed by atoms with E-state index in [2.05, 4.69) is 41.5 Å². The fourth-order valence-electron chi connectivity index (χ4n) is 9.88. The number of phosphoric acid groups is 2. The van der Waals surface area contributed by atoms with Crippen LogP contribution in [0.2, 0.25) is 0 Å². The lowest BCUT2D eigenvalue weighted by Crippen LogP contribution is -2.30. The van der Waals surface area contributed by atoms with Gasteiger partial charge in [0.05, 0.1) is 26.4 Å². The van der Waals surface area contributed by atoms with Gasteiger partial charge in [-0.3, -0.25) is 37.3 Å². The number of hydrogen-bond donors (Lipinski definition) is 3. The zero-order valence-corrected chi connectivity index (χ0v) is 56.7. The summed E-state index contributed by atoms with van der Waals surface area (Å²) in [7, 11) is -9.89. The summed E-state index contributed by atoms with van der Waals surface area (Å²) in [4.78, 5) is 72.2. The number of hydrogen-bond acceptors (Lipinski definition) is 15. The number of carbonyl (C=O) groups is 4. The molecule has 0 amide bonds. The van der Waals surface area contributed by atoms with E-state index in [9.17, 15) is 43.2 Å². The molecule has 2 unspecified atom stereocenters. The molecule has 0 aliphatic rings. The normalized spacial score (nSPS) is 14.2. The van der Waals surface area contributed by atoms with E-state index in [1.54, 1.807) is 0 Å². The first-order valence-corrected chi connectivity index (χ1v) is 37.5. The second-order valence-corrected chi connectivity index (χ2v) is 27.7. The van der Waals surface area contributed by atoms with E-state index in [0.29, 0.717) is 31.6 Å². The van der Waals surface area contributed by atoms with Crippen LogP contribution >= 0.6 is 15.6 Å². The fourth-order valence-corrected chi connectivity index (χ4v) is 11.5. The van der Waals surface area contributed by atoms with Gasteiger partial charge in [-0.1, -0.05) is 279 Å². The number of rotatable bonds is 65. The van der Waals surface area contributed by atoms with Gasteiger partial charge in [-0.25, -0.2) is 9.13 Å². The van der Waals surface area contributed by atoms with Crippen molar-refractivity contribution in [1.82, 2.24) is 0 Å². The molecule has 0 aliphatic carbocycles. The van der Waals surface area contributed by atoms with Crippen LogP contribution in [0.15, 0.2) is 0 Å². The van der Waals surface area contributed by atoms with Gasteiger partial charge in [0.25, 0.3) is 0 Å². The van der Waals surface area contributed by atoms with Gasteiger partial charge in [-0.05, 0) is 37.5 Å². The van der Waals surface area contributed by atoms with Gasteiger partial charge >= 0.3 is 39.5 Å². The van der Waals surface area contributed by atoms with Crippen LogP contribution in [0.25, 0.3) is 0 Å². The Morgan fingerprint density at radius 1 is 0.318 bits per heavy atom. The van der Waals surface area contributed by atoms with Crippen LogP contribution in [0.4, 0.5) is 0 Å². The van der Waals surface area contributed by atoms with Crippen LogP contribution in [-0.2, 0) is 65.4 Å². The first kappa shape index (κ1) is 83.1. The molecule has 0 aromatic heterocycles. The third-order valence-electron chi connectivity index (χ3n) is 15.2. The second-order valence-electron chi connectivity index (χ2n) is 24.8. The van der Waals surface area contributed by atoms with E-state index in [1.807, 2.05) is 0 Å². The number of phosphoric ester groups is 2. The van der Waals surface area contributed by atoms with Gasteiger partial charge in [-0.2, -0.15) is 0 Å². The monoisotopic (exact) mass is 1250 g/mol. The Balaban J connectivity index is 5.20. The highest BCUT2D eigenvalue weighted by atomic mass is 31.2. The molecule has 5 atom stereocenters. The summed E-state index contributed by atoms with van der Waals surface area (Å²) in [6, 6.07) is 0. The molecule has 0 rings (SSSR count). The zero-order chi connectivity index (χ0) is 62.9. The van der Waals surface area contributed by atoms with Gasteiger partial charge in [0.1, 0.15) is 19.3 Å². The van der Waals surface area contributed by atoms with Crippen molar-refractivity contribution < 1.29 is 80.2 Å². The number of aliphatic hydroxyl groups is 1. The predicted octanol–water partition coefficient (Wildman–Crippen LogP) is 18.4. The predicted molar refractivity (Wildman–Crippen MR) is 340 cm³/mol. The maximum atomic E-state index is 13.0. The second kappa shape index (κ2) is 58.4. The van der Waals surface area contributed by atoms with E-state index in [1.165, 1.54) is 135 Å². The molecule has 0 saturated carbocycles. The Hall–Kier alpha value is -1.94. The number of unbranched alkanes of at least 4 members (excludes halogenated alkanes) is 35. The van der Waals surface area contributed by atoms with Gasteiger partial charge in [0.2, 0.25) is 0 Å². The van der Waals surface area contributed by atoms with Crippen molar-refractivity contribution in [1.29, 1.82) is 0 Å². The highest BCUT2D eigenvalue weighted by molar-refractivity contribution is 7.47. The van der Waals surface area contributed by atoms with Crippen molar-refractivity contribution in [2.75, 3.05) is 39.6 Å². The van der Waals surface area contributed by atoms with Crippen molar-refractivity contribution in [3.63, 3.8) is 0 Å². The van der Waals surface area contributed by atoms with Crippen molar-refractivity contribution in [3.05, 3.63) is 0 Å². The molecule has 85 heavy (non-hydrogen) atoms. The lowest BCUT2D eigenvalue weighted by Gasteiger charge is -2.21. The van der Waals surface area contributed by atoms with Crippen molar-refractivity contribution in [3.8, 4) is 0 Å². The first-order chi connectivity index (χ1) is 40.9. The quantitative estimate of drug-likeness (QED) is 0.0222. The van der Waals surface area contributed by atoms with Gasteiger partial charge in [0, 0.05) is 25.7 Å². The molecule has 0 fully saturated rings. The molecule has 3 N–H and O–H groups in total. The summed E-state index contributed by atoms with van der Waals surface area (Å²) in [5, 5.41) is 10.5. The van der Waals surface area contributed by atoms with Crippen LogP contribution in [-0.4, -0.2) is 96.7 Å². The molecule has 0 aliphatic heterocycles. The topological polar surface area (TPSA) is 237 Å². The summed E-state index contributed by atoms with van der Waals surface area (Å²) in [5.41, 5.74) is 0. The Morgan fingerprint density at radius 2 is 0.541 bits per heavy atom. The number of ether oxygens (including phenoxy) is 4. The molecule has 17 nitrogen and oxygen atoms in total. The summed E-state index contributed by atoms with van der Waals surface area (Å²) >= 11 is 0. The maximum absolute atomic E-state index is 13.0. The summed E-state index contributed by atoms with van der Waals surface area (Å²) in [5.74, 6) is -0.681. The summed E-state index contributed by atoms with van der Waals surface area (Å²) in [6.45, 7) is 9.40. The third-order valence-corrected chi connectivity index (χ3v) is 17.1. The number of aliphatic hydroxyl groups excluding tert-OH is 1. The zero-order valence-electron chi connectivity index (χ0n) is 54.9. The van der Waals surface area contributed by atoms with Crippen LogP contribution in [0.5, 0.6) is 0 Å². The van der Waals surface area contributed by atoms with E-state index >= 15 is 0 Å². The molecule has 0 heterocycles. The average Bonchev–Trinajstić information content (AvgIpc) is 3.46. The maximum Gasteiger partial charge on any atom is 0.472 e. The van der Waals surface area contributed by atoms with E-state index in [4.69, 9.17) is 37.0 Å². The molecule has 0 bridgehead atoms. The Kier molecular flexibility index (Phi) is 57.1. The van der Waals surface area contributed by atoms with E-state index < -0.39 is 97.5 Å². The van der Waals surface area contributed by atoms with Crippen molar-refractivity contribution >= 4 is 39.5 Å². The minimum Gasteiger partial charge on any atom is -0.462 e. The van der Waals surface area contributed by atoms with Gasteiger partial charge in [-0.15, -0.1) is 0 Å². The average molecular weight is 1260 g/mol. The van der Waals surface area contributed by atoms with Gasteiger partial charge < -0.3 is 33.8 Å². The minimum atomic E-state index is -4.95. The van der Waals surface area contributed by atoms with Crippen LogP contribution in [0.1, 0.15) is 330 Å². The Morgan fingerprint density at radius 3 is 0.800 bits per heavy atom. The smallest absolute Gasteiger partial charge is 0.462 e. The number of carbonyl (C=O) groups excluding carboxylic acids is 4. The molecular weight excluding hydrogens is 1130 g/mol. The molecule has 504 valence electrons. The standard InChI is InChI=1S/C66H128O17P2/c1-7-9-11-13-15-16-17-19-23-26-30-37-43-49-64(69)77-55-61(82-65(70)50-44-38-31-27-24-21-18-20-22-25-29-34-40-46-58(3)4)56-80-84(72,73)78-52-60(67)53-79-85(74,75)81-57-62(54-76-63(68)48-42-36-28-14-12-10-8-2)83-66(71)51-45-39-33-32-35-41-47-59(5)6/h58-62,67H,7-57H2,1-6H3,(H,72,73)(H,74,75)/t60-,61-,62-/m1/s1. The highest BCUT2D eigenvalue weighted by Crippen LogP contribution is 2.45. The SMILES string of the molecule is CCCCCCCCCCCCCCCC(=O)OC[C@H](COP(=O)(O)OC[C@@H](O)COP(=O)(O)OC[C@@H](COC(=O)CCCCCCCCC)OC(=O)CCCCCCCCC(C)C)OC(=O)CCCCCCCCCCCCCCCC(C)C. The van der Waals surface area contributed by atoms with Crippen LogP contribution in [0, 0.1) is 11.8 Å². The summed E-state index contributed by atoms with van der Waals surface area (Å²) in [6.07, 6.45) is 41.9. The molecule has 0 spiro atoms. The minimum absolute atomic E-state index is 0.102. The highest BCUT2D eigenvalue weighted by Gasteiger charge is 2.30. The molecule has 19 heteroatoms. The van der Waals surface area contributed by atoms with Crippen molar-refractivity contribution in [2.45, 2.75) is 349 Å². The fraction of sp³-hybridized carbons (Fsp3) is 0.939. The summed E-state index contributed by atoms with van der Waals surface area (Å²) < 4.78 is 68.0. The first-order valence-electron chi connectivity index (χ1n) is 34.5. The molecule has 0 aromatic rings. The van der Waals surface area contributed by atoms with E-state index in [0.717, 1.165) is 109 Å². The lowest BCUT2D eigenvalue weighted by molar-refractivity contribution is -0.161.